The highest BCUT2D eigenvalue weighted by atomic mass is 32.2. The Kier molecular flexibility index (Phi) is 5.82. The number of aliphatic hydroxyl groups excluding tert-OH is 1. The van der Waals surface area contributed by atoms with Gasteiger partial charge in [-0.3, -0.25) is 4.79 Å². The van der Waals surface area contributed by atoms with Gasteiger partial charge in [0.1, 0.15) is 10.7 Å². The lowest BCUT2D eigenvalue weighted by Crippen LogP contribution is -2.30. The first-order valence-electron chi connectivity index (χ1n) is 10.0. The third-order valence-corrected chi connectivity index (χ3v) is 7.32. The second-order valence-corrected chi connectivity index (χ2v) is 9.48. The molecule has 33 heavy (non-hydrogen) atoms. The van der Waals surface area contributed by atoms with E-state index in [4.69, 9.17) is 9.15 Å². The van der Waals surface area contributed by atoms with Gasteiger partial charge in [0.2, 0.25) is 9.84 Å². The van der Waals surface area contributed by atoms with Gasteiger partial charge in [-0.1, -0.05) is 29.8 Å². The molecule has 0 aliphatic carbocycles. The van der Waals surface area contributed by atoms with Gasteiger partial charge in [0.15, 0.2) is 5.76 Å². The highest BCUT2D eigenvalue weighted by Gasteiger charge is 2.47. The smallest absolute Gasteiger partial charge is 0.337 e. The van der Waals surface area contributed by atoms with Gasteiger partial charge in [0, 0.05) is 0 Å². The minimum absolute atomic E-state index is 0.0431. The molecule has 0 unspecified atom stereocenters. The van der Waals surface area contributed by atoms with Crippen molar-refractivity contribution >= 4 is 21.7 Å². The molecular formula is C24H21NO7S. The van der Waals surface area contributed by atoms with E-state index in [1.165, 1.54) is 54.7 Å². The molecule has 0 bridgehead atoms. The number of benzene rings is 2. The molecule has 1 aromatic heterocycles. The molecule has 8 nitrogen and oxygen atoms in total. The molecule has 2 aromatic carbocycles. The van der Waals surface area contributed by atoms with Crippen LogP contribution in [0.1, 0.15) is 33.3 Å². The van der Waals surface area contributed by atoms with Gasteiger partial charge >= 0.3 is 5.97 Å². The fourth-order valence-corrected chi connectivity index (χ4v) is 5.38. The summed E-state index contributed by atoms with van der Waals surface area (Å²) in [5.74, 6) is -1.81. The number of furan rings is 1. The third-order valence-electron chi connectivity index (χ3n) is 5.43. The molecule has 1 amide bonds. The average Bonchev–Trinajstić information content (AvgIpc) is 3.41. The lowest BCUT2D eigenvalue weighted by Gasteiger charge is -2.26. The maximum Gasteiger partial charge on any atom is 0.337 e. The Bertz CT molecular complexity index is 1320. The van der Waals surface area contributed by atoms with Crippen LogP contribution in [0.15, 0.2) is 86.9 Å². The predicted octanol–water partition coefficient (Wildman–Crippen LogP) is 3.70. The molecule has 2 heterocycles. The minimum Gasteiger partial charge on any atom is -0.502 e. The molecule has 170 valence electrons. The van der Waals surface area contributed by atoms with Crippen molar-refractivity contribution in [2.75, 3.05) is 7.11 Å². The summed E-state index contributed by atoms with van der Waals surface area (Å²) in [4.78, 5) is 25.6. The molecule has 4 rings (SSSR count). The largest absolute Gasteiger partial charge is 0.502 e. The van der Waals surface area contributed by atoms with Crippen LogP contribution in [-0.2, 0) is 25.9 Å². The van der Waals surface area contributed by atoms with Crippen molar-refractivity contribution in [2.45, 2.75) is 24.4 Å². The maximum absolute atomic E-state index is 13.6. The van der Waals surface area contributed by atoms with Crippen molar-refractivity contribution in [2.24, 2.45) is 0 Å². The minimum atomic E-state index is -4.23. The summed E-state index contributed by atoms with van der Waals surface area (Å²) >= 11 is 0. The van der Waals surface area contributed by atoms with Crippen LogP contribution in [0.4, 0.5) is 0 Å². The van der Waals surface area contributed by atoms with E-state index in [1.54, 1.807) is 24.3 Å². The van der Waals surface area contributed by atoms with Crippen molar-refractivity contribution < 1.29 is 32.3 Å². The molecule has 1 aliphatic rings. The van der Waals surface area contributed by atoms with Crippen molar-refractivity contribution in [1.29, 1.82) is 0 Å². The molecule has 9 heteroatoms. The van der Waals surface area contributed by atoms with Gasteiger partial charge in [0.05, 0.1) is 36.4 Å². The second kappa shape index (κ2) is 8.59. The van der Waals surface area contributed by atoms with E-state index in [2.05, 4.69) is 0 Å². The Morgan fingerprint density at radius 2 is 1.76 bits per heavy atom. The molecule has 1 aliphatic heterocycles. The van der Waals surface area contributed by atoms with E-state index in [9.17, 15) is 23.1 Å². The molecule has 0 fully saturated rings. The average molecular weight is 467 g/mol. The van der Waals surface area contributed by atoms with Crippen LogP contribution >= 0.6 is 0 Å². The first-order chi connectivity index (χ1) is 15.7. The zero-order valence-electron chi connectivity index (χ0n) is 17.9. The number of carbonyl (C=O) groups is 2. The van der Waals surface area contributed by atoms with Crippen LogP contribution < -0.4 is 0 Å². The quantitative estimate of drug-likeness (QED) is 0.550. The summed E-state index contributed by atoms with van der Waals surface area (Å²) in [6.45, 7) is 1.76. The van der Waals surface area contributed by atoms with Crippen LogP contribution in [0, 0.1) is 6.92 Å². The van der Waals surface area contributed by atoms with Gasteiger partial charge in [0.25, 0.3) is 5.91 Å². The topological polar surface area (TPSA) is 114 Å². The van der Waals surface area contributed by atoms with E-state index >= 15 is 0 Å². The summed E-state index contributed by atoms with van der Waals surface area (Å²) in [5.41, 5.74) is 1.53. The summed E-state index contributed by atoms with van der Waals surface area (Å²) in [7, 11) is -2.98. The Hall–Kier alpha value is -3.85. The number of aliphatic hydroxyl groups is 1. The van der Waals surface area contributed by atoms with Gasteiger partial charge in [-0.05, 0) is 48.9 Å². The number of carbonyl (C=O) groups excluding carboxylic acids is 2. The number of rotatable bonds is 6. The van der Waals surface area contributed by atoms with Crippen molar-refractivity contribution in [1.82, 2.24) is 4.90 Å². The van der Waals surface area contributed by atoms with Crippen LogP contribution in [0.25, 0.3) is 0 Å². The molecule has 3 aromatic rings. The van der Waals surface area contributed by atoms with Crippen LogP contribution in [0.3, 0.4) is 0 Å². The summed E-state index contributed by atoms with van der Waals surface area (Å²) in [6, 6.07) is 14.3. The molecule has 0 spiro atoms. The molecule has 0 saturated heterocycles. The molecular weight excluding hydrogens is 446 g/mol. The Morgan fingerprint density at radius 1 is 1.09 bits per heavy atom. The van der Waals surface area contributed by atoms with Crippen LogP contribution in [-0.4, -0.2) is 37.4 Å². The third kappa shape index (κ3) is 4.03. The van der Waals surface area contributed by atoms with Crippen molar-refractivity contribution in [3.63, 3.8) is 0 Å². The van der Waals surface area contributed by atoms with Crippen LogP contribution in [0.2, 0.25) is 0 Å². The number of hydrogen-bond acceptors (Lipinski definition) is 7. The van der Waals surface area contributed by atoms with Gasteiger partial charge in [-0.15, -0.1) is 0 Å². The number of methoxy groups -OCH3 is 1. The van der Waals surface area contributed by atoms with E-state index in [0.717, 1.165) is 5.56 Å². The molecule has 0 saturated carbocycles. The predicted molar refractivity (Wildman–Crippen MR) is 118 cm³/mol. The lowest BCUT2D eigenvalue weighted by molar-refractivity contribution is -0.130. The number of aryl methyl sites for hydroxylation is 1. The number of sulfone groups is 1. The second-order valence-electron chi connectivity index (χ2n) is 7.56. The SMILES string of the molecule is COC(=O)c1ccc([C@H]2C(S(=O)(=O)c3ccc(C)cc3)=C(O)C(=O)N2Cc2ccco2)cc1. The summed E-state index contributed by atoms with van der Waals surface area (Å²) in [6.07, 6.45) is 1.44. The molecule has 1 atom stereocenters. The number of nitrogens with zero attached hydrogens (tertiary/aromatic N) is 1. The standard InChI is InChI=1S/C24H21NO7S/c1-15-5-11-19(12-6-15)33(29,30)22-20(16-7-9-17(10-8-16)24(28)31-2)25(23(27)21(22)26)14-18-4-3-13-32-18/h3-13,20,26H,14H2,1-2H3/t20-/m0/s1. The fraction of sp³-hybridized carbons (Fsp3) is 0.167. The maximum atomic E-state index is 13.6. The lowest BCUT2D eigenvalue weighted by atomic mass is 10.0. The van der Waals surface area contributed by atoms with E-state index < -0.39 is 38.4 Å². The molecule has 1 N–H and O–H groups in total. The number of ether oxygens (including phenoxy) is 1. The van der Waals surface area contributed by atoms with Crippen LogP contribution in [0.5, 0.6) is 0 Å². The Morgan fingerprint density at radius 3 is 2.33 bits per heavy atom. The van der Waals surface area contributed by atoms with Crippen molar-refractivity contribution in [3.05, 3.63) is 100 Å². The highest BCUT2D eigenvalue weighted by molar-refractivity contribution is 7.95. The Balaban J connectivity index is 1.84. The van der Waals surface area contributed by atoms with Gasteiger partial charge in [-0.25, -0.2) is 13.2 Å². The fourth-order valence-electron chi connectivity index (χ4n) is 3.73. The van der Waals surface area contributed by atoms with E-state index in [0.29, 0.717) is 11.3 Å². The number of hydrogen-bond donors (Lipinski definition) is 1. The van der Waals surface area contributed by atoms with Crippen molar-refractivity contribution in [3.8, 4) is 0 Å². The first kappa shape index (κ1) is 22.3. The first-order valence-corrected chi connectivity index (χ1v) is 11.5. The summed E-state index contributed by atoms with van der Waals surface area (Å²) in [5, 5.41) is 10.7. The van der Waals surface area contributed by atoms with Gasteiger partial charge < -0.3 is 19.2 Å². The summed E-state index contributed by atoms with van der Waals surface area (Å²) < 4.78 is 37.2. The zero-order chi connectivity index (χ0) is 23.8. The zero-order valence-corrected chi connectivity index (χ0v) is 18.7. The van der Waals surface area contributed by atoms with E-state index in [1.807, 2.05) is 6.92 Å². The monoisotopic (exact) mass is 467 g/mol. The number of amides is 1. The number of esters is 1. The normalized spacial score (nSPS) is 16.4. The van der Waals surface area contributed by atoms with E-state index in [-0.39, 0.29) is 17.0 Å². The Labute approximate surface area is 190 Å². The highest BCUT2D eigenvalue weighted by Crippen LogP contribution is 2.43. The van der Waals surface area contributed by atoms with Gasteiger partial charge in [-0.2, -0.15) is 0 Å². The molecule has 0 radical (unpaired) electrons.